The average molecular weight is 969 g/mol. The Morgan fingerprint density at radius 2 is 0.434 bits per heavy atom. The molecule has 0 aliphatic carbocycles. The van der Waals surface area contributed by atoms with Crippen molar-refractivity contribution in [2.24, 2.45) is 0 Å². The summed E-state index contributed by atoms with van der Waals surface area (Å²) in [6.45, 7) is 0. The van der Waals surface area contributed by atoms with Crippen LogP contribution in [-0.4, -0.2) is 13.7 Å². The highest BCUT2D eigenvalue weighted by Crippen LogP contribution is 2.41. The van der Waals surface area contributed by atoms with E-state index >= 15 is 0 Å². The minimum atomic E-state index is 1.08. The van der Waals surface area contributed by atoms with Crippen molar-refractivity contribution >= 4 is 82.5 Å². The maximum absolute atomic E-state index is 2.37. The summed E-state index contributed by atoms with van der Waals surface area (Å²) < 4.78 is 7.11. The number of para-hydroxylation sites is 6. The number of hydrogen-bond acceptors (Lipinski definition) is 1. The van der Waals surface area contributed by atoms with Gasteiger partial charge >= 0.3 is 0 Å². The third kappa shape index (κ3) is 7.14. The Balaban J connectivity index is 0.774. The molecule has 0 radical (unpaired) electrons. The standard InChI is InChI=1S/C72H48N4/c1-2-14-55(15-3-1)74-71-25-13-8-20-65(71)66-48-54(36-47-72(66)74)53-34-41-58(42-35-53)73(56-37-26-49(27-38-56)51-30-43-59(44-31-51)75-67-21-9-4-16-61(67)62-17-5-10-22-68(62)75)57-39-28-50(29-40-57)52-32-45-60(46-33-52)76-69-23-11-6-18-63(69)64-19-7-12-24-70(64)76/h1-48H. The second-order valence-corrected chi connectivity index (χ2v) is 19.7. The zero-order chi connectivity index (χ0) is 50.1. The summed E-state index contributed by atoms with van der Waals surface area (Å²) >= 11 is 0. The molecule has 0 fully saturated rings. The molecule has 3 aromatic heterocycles. The minimum Gasteiger partial charge on any atom is -0.311 e. The number of aromatic nitrogens is 3. The summed E-state index contributed by atoms with van der Waals surface area (Å²) in [5.41, 5.74) is 21.0. The van der Waals surface area contributed by atoms with Crippen LogP contribution in [0.15, 0.2) is 291 Å². The molecule has 0 aliphatic rings. The van der Waals surface area contributed by atoms with Crippen LogP contribution in [0.5, 0.6) is 0 Å². The van der Waals surface area contributed by atoms with Gasteiger partial charge in [-0.2, -0.15) is 0 Å². The monoisotopic (exact) mass is 968 g/mol. The molecule has 76 heavy (non-hydrogen) atoms. The molecule has 0 saturated heterocycles. The summed E-state index contributed by atoms with van der Waals surface area (Å²) in [5, 5.41) is 7.55. The summed E-state index contributed by atoms with van der Waals surface area (Å²) in [4.78, 5) is 2.37. The molecule has 0 N–H and O–H groups in total. The van der Waals surface area contributed by atoms with Gasteiger partial charge < -0.3 is 18.6 Å². The van der Waals surface area contributed by atoms with Gasteiger partial charge in [0.25, 0.3) is 0 Å². The Kier molecular flexibility index (Phi) is 10.2. The van der Waals surface area contributed by atoms with Crippen molar-refractivity contribution in [1.29, 1.82) is 0 Å². The van der Waals surface area contributed by atoms with Gasteiger partial charge in [0.1, 0.15) is 0 Å². The number of nitrogens with zero attached hydrogens (tertiary/aromatic N) is 4. The second-order valence-electron chi connectivity index (χ2n) is 19.7. The Morgan fingerprint density at radius 1 is 0.184 bits per heavy atom. The van der Waals surface area contributed by atoms with Crippen LogP contribution in [-0.2, 0) is 0 Å². The smallest absolute Gasteiger partial charge is 0.0541 e. The van der Waals surface area contributed by atoms with Gasteiger partial charge in [-0.1, -0.05) is 176 Å². The van der Waals surface area contributed by atoms with Crippen LogP contribution >= 0.6 is 0 Å². The second kappa shape index (κ2) is 17.8. The van der Waals surface area contributed by atoms with Crippen LogP contribution in [0.25, 0.3) is 116 Å². The fourth-order valence-corrected chi connectivity index (χ4v) is 11.9. The molecule has 0 unspecified atom stereocenters. The molecule has 4 heteroatoms. The molecule has 4 nitrogen and oxygen atoms in total. The molecule has 0 spiro atoms. The Hall–Kier alpha value is -10.2. The summed E-state index contributed by atoms with van der Waals surface area (Å²) in [7, 11) is 0. The lowest BCUT2D eigenvalue weighted by molar-refractivity contribution is 1.18. The molecule has 356 valence electrons. The number of rotatable bonds is 9. The van der Waals surface area contributed by atoms with Crippen molar-refractivity contribution in [2.75, 3.05) is 4.90 Å². The summed E-state index contributed by atoms with van der Waals surface area (Å²) in [6.07, 6.45) is 0. The minimum absolute atomic E-state index is 1.08. The fourth-order valence-electron chi connectivity index (χ4n) is 11.9. The van der Waals surface area contributed by atoms with E-state index in [4.69, 9.17) is 0 Å². The SMILES string of the molecule is c1ccc(-n2c3ccccc3c3cc(-c4ccc(N(c5ccc(-c6ccc(-n7c8ccccc8c8ccccc87)cc6)cc5)c5ccc(-c6ccc(-n7c8ccccc8c8ccccc87)cc6)cc5)cc4)ccc32)cc1. The lowest BCUT2D eigenvalue weighted by Gasteiger charge is -2.26. The van der Waals surface area contributed by atoms with Gasteiger partial charge in [-0.3, -0.25) is 0 Å². The summed E-state index contributed by atoms with van der Waals surface area (Å²) in [5.74, 6) is 0. The molecule has 12 aromatic carbocycles. The van der Waals surface area contributed by atoms with Crippen LogP contribution in [0, 0.1) is 0 Å². The van der Waals surface area contributed by atoms with Crippen LogP contribution in [0.1, 0.15) is 0 Å². The van der Waals surface area contributed by atoms with Crippen LogP contribution in [0.3, 0.4) is 0 Å². The van der Waals surface area contributed by atoms with E-state index in [1.807, 2.05) is 0 Å². The molecular formula is C72H48N4. The highest BCUT2D eigenvalue weighted by atomic mass is 15.1. The van der Waals surface area contributed by atoms with E-state index in [1.54, 1.807) is 0 Å². The lowest BCUT2D eigenvalue weighted by atomic mass is 10.0. The van der Waals surface area contributed by atoms with E-state index in [2.05, 4.69) is 310 Å². The first-order chi connectivity index (χ1) is 37.7. The number of benzene rings is 12. The van der Waals surface area contributed by atoms with E-state index in [-0.39, 0.29) is 0 Å². The van der Waals surface area contributed by atoms with E-state index in [0.29, 0.717) is 0 Å². The number of fused-ring (bicyclic) bond motifs is 9. The third-order valence-corrected chi connectivity index (χ3v) is 15.5. The van der Waals surface area contributed by atoms with E-state index in [1.165, 1.54) is 87.7 Å². The highest BCUT2D eigenvalue weighted by Gasteiger charge is 2.18. The van der Waals surface area contributed by atoms with Gasteiger partial charge in [0, 0.05) is 66.4 Å². The molecule has 0 amide bonds. The maximum Gasteiger partial charge on any atom is 0.0541 e. The Labute approximate surface area is 440 Å². The highest BCUT2D eigenvalue weighted by molar-refractivity contribution is 6.12. The van der Waals surface area contributed by atoms with E-state index < -0.39 is 0 Å². The normalized spacial score (nSPS) is 11.7. The Bertz CT molecular complexity index is 4330. The van der Waals surface area contributed by atoms with Gasteiger partial charge in [-0.25, -0.2) is 0 Å². The predicted molar refractivity (Wildman–Crippen MR) is 320 cm³/mol. The zero-order valence-corrected chi connectivity index (χ0v) is 41.5. The molecule has 15 aromatic rings. The van der Waals surface area contributed by atoms with Crippen molar-refractivity contribution in [1.82, 2.24) is 13.7 Å². The molecule has 0 bridgehead atoms. The first kappa shape index (κ1) is 43.4. The molecule has 3 heterocycles. The summed E-state index contributed by atoms with van der Waals surface area (Å²) in [6, 6.07) is 106. The van der Waals surface area contributed by atoms with E-state index in [9.17, 15) is 0 Å². The molecular weight excluding hydrogens is 921 g/mol. The lowest BCUT2D eigenvalue weighted by Crippen LogP contribution is -2.09. The average Bonchev–Trinajstić information content (AvgIpc) is 4.17. The third-order valence-electron chi connectivity index (χ3n) is 15.5. The number of anilines is 3. The fraction of sp³-hybridized carbons (Fsp3) is 0. The predicted octanol–water partition coefficient (Wildman–Crippen LogP) is 19.4. The van der Waals surface area contributed by atoms with Gasteiger partial charge in [0.2, 0.25) is 0 Å². The van der Waals surface area contributed by atoms with Crippen molar-refractivity contribution in [3.63, 3.8) is 0 Å². The van der Waals surface area contributed by atoms with Gasteiger partial charge in [0.05, 0.1) is 33.1 Å². The van der Waals surface area contributed by atoms with Crippen molar-refractivity contribution in [3.05, 3.63) is 291 Å². The first-order valence-electron chi connectivity index (χ1n) is 26.1. The topological polar surface area (TPSA) is 18.0 Å². The van der Waals surface area contributed by atoms with Gasteiger partial charge in [-0.05, 0) is 149 Å². The Morgan fingerprint density at radius 3 is 0.789 bits per heavy atom. The van der Waals surface area contributed by atoms with Crippen molar-refractivity contribution in [2.45, 2.75) is 0 Å². The largest absolute Gasteiger partial charge is 0.311 e. The number of hydrogen-bond donors (Lipinski definition) is 0. The quantitative estimate of drug-likeness (QED) is 0.141. The van der Waals surface area contributed by atoms with E-state index in [0.717, 1.165) is 45.3 Å². The van der Waals surface area contributed by atoms with Crippen molar-refractivity contribution < 1.29 is 0 Å². The first-order valence-corrected chi connectivity index (χ1v) is 26.1. The molecule has 0 aliphatic heterocycles. The molecule has 0 atom stereocenters. The zero-order valence-electron chi connectivity index (χ0n) is 41.5. The van der Waals surface area contributed by atoms with Gasteiger partial charge in [0.15, 0.2) is 0 Å². The van der Waals surface area contributed by atoms with Crippen molar-refractivity contribution in [3.8, 4) is 50.4 Å². The molecule has 0 saturated carbocycles. The van der Waals surface area contributed by atoms with Crippen LogP contribution < -0.4 is 4.90 Å². The molecule has 15 rings (SSSR count). The maximum atomic E-state index is 2.37. The van der Waals surface area contributed by atoms with Crippen LogP contribution in [0.4, 0.5) is 17.1 Å². The van der Waals surface area contributed by atoms with Crippen LogP contribution in [0.2, 0.25) is 0 Å². The van der Waals surface area contributed by atoms with Gasteiger partial charge in [-0.15, -0.1) is 0 Å².